The summed E-state index contributed by atoms with van der Waals surface area (Å²) in [6.07, 6.45) is 7.21. The Hall–Kier alpha value is -7.41. The molecule has 1 fully saturated rings. The Morgan fingerprint density at radius 1 is 0.719 bits per heavy atom. The van der Waals surface area contributed by atoms with Gasteiger partial charge >= 0.3 is 0 Å². The molecule has 4 amide bonds. The molecule has 9 rings (SSSR count). The largest absolute Gasteiger partial charge is 0.411 e. The molecule has 4 aromatic carbocycles. The van der Waals surface area contributed by atoms with Crippen molar-refractivity contribution in [2.75, 3.05) is 23.7 Å². The summed E-state index contributed by atoms with van der Waals surface area (Å²) in [5, 5.41) is 27.0. The van der Waals surface area contributed by atoms with Crippen LogP contribution in [-0.2, 0) is 16.0 Å². The van der Waals surface area contributed by atoms with E-state index in [0.717, 1.165) is 61.8 Å². The molecule has 0 spiro atoms. The molecular weight excluding hydrogens is 721 g/mol. The summed E-state index contributed by atoms with van der Waals surface area (Å²) in [5.74, 6) is -2.17. The highest BCUT2D eigenvalue weighted by Crippen LogP contribution is 2.38. The summed E-state index contributed by atoms with van der Waals surface area (Å²) >= 11 is 0. The SMILES string of the molecule is O=C1CCC(N2C(=O)c3cc(NCCNc4ccc(-n5cc(-c6ccc7c(c6)CC/C7=N\O)c(-c6ccncc6)n5)cc4)cc(-c4ccccc4)c3C2=O)C(=O)N1. The number of carbonyl (C=O) groups is 4. The maximum atomic E-state index is 13.8. The van der Waals surface area contributed by atoms with Gasteiger partial charge < -0.3 is 15.8 Å². The Bertz CT molecular complexity index is 2600. The summed E-state index contributed by atoms with van der Waals surface area (Å²) in [4.78, 5) is 57.1. The Balaban J connectivity index is 0.910. The fourth-order valence-electron chi connectivity index (χ4n) is 7.87. The van der Waals surface area contributed by atoms with Gasteiger partial charge in [-0.1, -0.05) is 53.7 Å². The lowest BCUT2D eigenvalue weighted by Crippen LogP contribution is -2.54. The van der Waals surface area contributed by atoms with E-state index >= 15 is 0 Å². The predicted molar refractivity (Wildman–Crippen MR) is 214 cm³/mol. The lowest BCUT2D eigenvalue weighted by Gasteiger charge is -2.27. The number of nitrogens with one attached hydrogen (secondary N) is 3. The van der Waals surface area contributed by atoms with Gasteiger partial charge in [-0.25, -0.2) is 4.68 Å². The third-order valence-electron chi connectivity index (χ3n) is 10.7. The molecule has 4 heterocycles. The van der Waals surface area contributed by atoms with Gasteiger partial charge in [0, 0.05) is 66.2 Å². The minimum absolute atomic E-state index is 0.0511. The van der Waals surface area contributed by atoms with Gasteiger partial charge in [-0.15, -0.1) is 0 Å². The molecule has 0 saturated carbocycles. The van der Waals surface area contributed by atoms with Gasteiger partial charge in [0.05, 0.1) is 22.5 Å². The van der Waals surface area contributed by atoms with Gasteiger partial charge in [-0.05, 0) is 90.0 Å². The minimum atomic E-state index is -1.05. The van der Waals surface area contributed by atoms with Crippen molar-refractivity contribution < 1.29 is 24.4 Å². The van der Waals surface area contributed by atoms with Crippen LogP contribution in [0.1, 0.15) is 51.1 Å². The molecule has 1 atom stereocenters. The minimum Gasteiger partial charge on any atom is -0.411 e. The highest BCUT2D eigenvalue weighted by molar-refractivity contribution is 6.26. The maximum Gasteiger partial charge on any atom is 0.262 e. The lowest BCUT2D eigenvalue weighted by molar-refractivity contribution is -0.136. The summed E-state index contributed by atoms with van der Waals surface area (Å²) in [6, 6.07) is 29.9. The maximum absolute atomic E-state index is 13.8. The van der Waals surface area contributed by atoms with Crippen molar-refractivity contribution in [2.45, 2.75) is 31.7 Å². The smallest absolute Gasteiger partial charge is 0.262 e. The van der Waals surface area contributed by atoms with Crippen molar-refractivity contribution in [3.63, 3.8) is 0 Å². The number of anilines is 2. The number of hydrogen-bond donors (Lipinski definition) is 4. The van der Waals surface area contributed by atoms with E-state index in [9.17, 15) is 24.4 Å². The molecule has 4 N–H and O–H groups in total. The molecule has 2 aromatic heterocycles. The average molecular weight is 757 g/mol. The van der Waals surface area contributed by atoms with Crippen LogP contribution in [0.4, 0.5) is 11.4 Å². The van der Waals surface area contributed by atoms with Gasteiger partial charge in [-0.2, -0.15) is 5.10 Å². The first-order chi connectivity index (χ1) is 27.9. The fraction of sp³-hybridized carbons (Fsp3) is 0.159. The molecule has 13 nitrogen and oxygen atoms in total. The van der Waals surface area contributed by atoms with E-state index in [1.807, 2.05) is 95.8 Å². The normalized spacial score (nSPS) is 16.8. The van der Waals surface area contributed by atoms with Crippen LogP contribution in [0.5, 0.6) is 0 Å². The van der Waals surface area contributed by atoms with Crippen LogP contribution in [0.25, 0.3) is 39.2 Å². The first-order valence-corrected chi connectivity index (χ1v) is 18.7. The van der Waals surface area contributed by atoms with E-state index in [2.05, 4.69) is 32.2 Å². The monoisotopic (exact) mass is 756 g/mol. The average Bonchev–Trinajstić information content (AvgIpc) is 3.94. The van der Waals surface area contributed by atoms with Crippen LogP contribution in [0, 0.1) is 0 Å². The number of pyridine rings is 1. The number of aryl methyl sites for hydroxylation is 1. The van der Waals surface area contributed by atoms with Crippen molar-refractivity contribution >= 4 is 40.7 Å². The molecule has 6 aromatic rings. The quantitative estimate of drug-likeness (QED) is 0.0541. The summed E-state index contributed by atoms with van der Waals surface area (Å²) in [7, 11) is 0. The number of piperidine rings is 1. The third kappa shape index (κ3) is 6.58. The highest BCUT2D eigenvalue weighted by atomic mass is 16.4. The zero-order valence-electron chi connectivity index (χ0n) is 30.6. The molecule has 1 aliphatic carbocycles. The molecule has 2 aliphatic heterocycles. The summed E-state index contributed by atoms with van der Waals surface area (Å²) in [5.41, 5.74) is 10.9. The number of hydrogen-bond acceptors (Lipinski definition) is 10. The van der Waals surface area contributed by atoms with Gasteiger partial charge in [0.25, 0.3) is 11.8 Å². The molecule has 282 valence electrons. The van der Waals surface area contributed by atoms with Crippen LogP contribution in [0.3, 0.4) is 0 Å². The van der Waals surface area contributed by atoms with E-state index in [0.29, 0.717) is 36.5 Å². The molecule has 1 saturated heterocycles. The van der Waals surface area contributed by atoms with Gasteiger partial charge in [0.2, 0.25) is 11.8 Å². The molecule has 0 bridgehead atoms. The molecule has 13 heteroatoms. The third-order valence-corrected chi connectivity index (χ3v) is 10.7. The first kappa shape index (κ1) is 35.3. The number of oxime groups is 1. The number of aromatic nitrogens is 3. The van der Waals surface area contributed by atoms with Crippen molar-refractivity contribution in [3.05, 3.63) is 138 Å². The highest BCUT2D eigenvalue weighted by Gasteiger charge is 2.46. The van der Waals surface area contributed by atoms with Crippen LogP contribution < -0.4 is 16.0 Å². The van der Waals surface area contributed by atoms with Crippen LogP contribution in [0.15, 0.2) is 121 Å². The van der Waals surface area contributed by atoms with Gasteiger partial charge in [0.15, 0.2) is 0 Å². The number of benzene rings is 4. The standard InChI is InChI=1S/C44H36N8O5/c53-39-15-14-38(42(54)48-39)52-43(55)35-24-31(23-34(40(35)44(52)56)26-4-2-1-3-5-26)47-21-20-46-30-8-10-32(11-9-30)51-25-36(41(49-51)27-16-18-45-19-17-27)29-6-12-33-28(22-29)7-13-37(33)50-57/h1-6,8-12,16-19,22-25,38,46-47,57H,7,13-15,20-21H2,(H,48,53,54)/b50-37+. The number of carbonyl (C=O) groups excluding carboxylic acids is 4. The second-order valence-corrected chi connectivity index (χ2v) is 14.2. The topological polar surface area (TPSA) is 171 Å². The number of amides is 4. The molecule has 57 heavy (non-hydrogen) atoms. The predicted octanol–water partition coefficient (Wildman–Crippen LogP) is 6.32. The summed E-state index contributed by atoms with van der Waals surface area (Å²) < 4.78 is 1.87. The number of fused-ring (bicyclic) bond motifs is 2. The zero-order valence-corrected chi connectivity index (χ0v) is 30.6. The van der Waals surface area contributed by atoms with Crippen molar-refractivity contribution in [3.8, 4) is 39.2 Å². The Labute approximate surface area is 327 Å². The van der Waals surface area contributed by atoms with E-state index in [-0.39, 0.29) is 24.0 Å². The molecule has 1 unspecified atom stereocenters. The van der Waals surface area contributed by atoms with Crippen molar-refractivity contribution in [1.82, 2.24) is 25.0 Å². The molecular formula is C44H36N8O5. The van der Waals surface area contributed by atoms with Crippen LogP contribution in [-0.4, -0.2) is 73.3 Å². The molecule has 0 radical (unpaired) electrons. The number of nitrogens with zero attached hydrogens (tertiary/aromatic N) is 5. The Morgan fingerprint density at radius 2 is 1.47 bits per heavy atom. The van der Waals surface area contributed by atoms with E-state index < -0.39 is 29.7 Å². The Kier molecular flexibility index (Phi) is 9.09. The fourth-order valence-corrected chi connectivity index (χ4v) is 7.87. The second-order valence-electron chi connectivity index (χ2n) is 14.2. The van der Waals surface area contributed by atoms with Crippen LogP contribution >= 0.6 is 0 Å². The van der Waals surface area contributed by atoms with Crippen LogP contribution in [0.2, 0.25) is 0 Å². The van der Waals surface area contributed by atoms with E-state index in [1.165, 1.54) is 0 Å². The van der Waals surface area contributed by atoms with Gasteiger partial charge in [-0.3, -0.25) is 34.4 Å². The second kappa shape index (κ2) is 14.7. The number of imide groups is 2. The van der Waals surface area contributed by atoms with Crippen molar-refractivity contribution in [1.29, 1.82) is 0 Å². The molecule has 3 aliphatic rings. The van der Waals surface area contributed by atoms with Crippen molar-refractivity contribution in [2.24, 2.45) is 5.16 Å². The van der Waals surface area contributed by atoms with E-state index in [4.69, 9.17) is 5.10 Å². The number of rotatable bonds is 10. The van der Waals surface area contributed by atoms with Gasteiger partial charge in [0.1, 0.15) is 11.7 Å². The van der Waals surface area contributed by atoms with E-state index in [1.54, 1.807) is 18.5 Å². The zero-order chi connectivity index (χ0) is 39.0. The Morgan fingerprint density at radius 3 is 2.23 bits per heavy atom. The first-order valence-electron chi connectivity index (χ1n) is 18.7. The summed E-state index contributed by atoms with van der Waals surface area (Å²) in [6.45, 7) is 1.05. The lowest BCUT2D eigenvalue weighted by atomic mass is 9.95.